The summed E-state index contributed by atoms with van der Waals surface area (Å²) >= 11 is 0. The monoisotopic (exact) mass is 392 g/mol. The van der Waals surface area contributed by atoms with Crippen molar-refractivity contribution in [2.45, 2.75) is 44.7 Å². The zero-order chi connectivity index (χ0) is 20.1. The number of benzene rings is 2. The van der Waals surface area contributed by atoms with Crippen molar-refractivity contribution in [1.29, 1.82) is 0 Å². The van der Waals surface area contributed by atoms with Crippen molar-refractivity contribution in [2.75, 3.05) is 6.54 Å². The highest BCUT2D eigenvalue weighted by Crippen LogP contribution is 2.26. The van der Waals surface area contributed by atoms with Gasteiger partial charge in [0.25, 0.3) is 5.69 Å². The molecule has 0 unspecified atom stereocenters. The molecule has 0 saturated heterocycles. The molecule has 7 nitrogen and oxygen atoms in total. The third-order valence-corrected chi connectivity index (χ3v) is 5.50. The lowest BCUT2D eigenvalue weighted by molar-refractivity contribution is -0.384. The quantitative estimate of drug-likeness (QED) is 0.410. The number of hydrogen-bond acceptors (Lipinski definition) is 6. The molecule has 0 bridgehead atoms. The van der Waals surface area contributed by atoms with E-state index >= 15 is 0 Å². The molecule has 1 aliphatic carbocycles. The van der Waals surface area contributed by atoms with E-state index in [2.05, 4.69) is 39.4 Å². The van der Waals surface area contributed by atoms with Crippen LogP contribution in [0.5, 0.6) is 0 Å². The third-order valence-electron chi connectivity index (χ3n) is 5.50. The molecule has 2 aromatic carbocycles. The van der Waals surface area contributed by atoms with Gasteiger partial charge in [0.1, 0.15) is 0 Å². The van der Waals surface area contributed by atoms with E-state index in [0.717, 1.165) is 13.0 Å². The van der Waals surface area contributed by atoms with Crippen molar-refractivity contribution < 1.29 is 9.34 Å². The average Bonchev–Trinajstić information content (AvgIpc) is 3.44. The van der Waals surface area contributed by atoms with Crippen LogP contribution in [0.1, 0.15) is 37.1 Å². The van der Waals surface area contributed by atoms with Gasteiger partial charge in [0.05, 0.1) is 11.5 Å². The highest BCUT2D eigenvalue weighted by molar-refractivity contribution is 5.55. The zero-order valence-corrected chi connectivity index (χ0v) is 16.2. The van der Waals surface area contributed by atoms with E-state index in [9.17, 15) is 10.1 Å². The molecule has 1 heterocycles. The minimum Gasteiger partial charge on any atom is -0.419 e. The molecule has 4 rings (SSSR count). The fourth-order valence-electron chi connectivity index (χ4n) is 3.91. The highest BCUT2D eigenvalue weighted by atomic mass is 16.6. The first-order chi connectivity index (χ1) is 14.2. The maximum absolute atomic E-state index is 10.8. The van der Waals surface area contributed by atoms with Crippen molar-refractivity contribution in [3.05, 3.63) is 76.2 Å². The van der Waals surface area contributed by atoms with Gasteiger partial charge in [-0.15, -0.1) is 10.2 Å². The molecule has 0 aliphatic heterocycles. The largest absolute Gasteiger partial charge is 0.419 e. The molecule has 0 spiro atoms. The number of non-ortho nitro benzene ring substituents is 1. The summed E-state index contributed by atoms with van der Waals surface area (Å²) < 4.78 is 5.88. The zero-order valence-electron chi connectivity index (χ0n) is 16.2. The lowest BCUT2D eigenvalue weighted by Gasteiger charge is -2.27. The Hall–Kier alpha value is -3.06. The number of hydrogen-bond donors (Lipinski definition) is 0. The topological polar surface area (TPSA) is 85.3 Å². The molecule has 0 radical (unpaired) electrons. The Bertz CT molecular complexity index is 934. The van der Waals surface area contributed by atoms with Crippen LogP contribution in [0.15, 0.2) is 59.0 Å². The second-order valence-corrected chi connectivity index (χ2v) is 7.45. The molecule has 29 heavy (non-hydrogen) atoms. The average molecular weight is 392 g/mol. The van der Waals surface area contributed by atoms with Crippen LogP contribution in [0.3, 0.4) is 0 Å². The van der Waals surface area contributed by atoms with Crippen molar-refractivity contribution in [1.82, 2.24) is 15.1 Å². The number of rotatable bonds is 8. The van der Waals surface area contributed by atoms with Crippen LogP contribution in [-0.2, 0) is 13.0 Å². The Morgan fingerprint density at radius 3 is 2.45 bits per heavy atom. The SMILES string of the molecule is O=[N+]([O-])c1ccc(-c2nnc(CN(CCc3ccccc3)C3CCCC3)o2)cc1. The Balaban J connectivity index is 1.45. The van der Waals surface area contributed by atoms with E-state index in [4.69, 9.17) is 4.42 Å². The van der Waals surface area contributed by atoms with Gasteiger partial charge in [0, 0.05) is 30.3 Å². The summed E-state index contributed by atoms with van der Waals surface area (Å²) in [5, 5.41) is 19.2. The summed E-state index contributed by atoms with van der Waals surface area (Å²) in [6.45, 7) is 1.57. The van der Waals surface area contributed by atoms with Gasteiger partial charge in [0.2, 0.25) is 11.8 Å². The molecule has 0 atom stereocenters. The van der Waals surface area contributed by atoms with Gasteiger partial charge in [-0.3, -0.25) is 15.0 Å². The maximum Gasteiger partial charge on any atom is 0.269 e. The predicted molar refractivity (Wildman–Crippen MR) is 109 cm³/mol. The second kappa shape index (κ2) is 8.96. The fraction of sp³-hybridized carbons (Fsp3) is 0.364. The first kappa shape index (κ1) is 19.3. The third kappa shape index (κ3) is 4.86. The number of nitro benzene ring substituents is 1. The minimum absolute atomic E-state index is 0.0433. The van der Waals surface area contributed by atoms with Gasteiger partial charge in [-0.25, -0.2) is 0 Å². The van der Waals surface area contributed by atoms with Crippen molar-refractivity contribution in [2.24, 2.45) is 0 Å². The van der Waals surface area contributed by atoms with Gasteiger partial charge >= 0.3 is 0 Å². The van der Waals surface area contributed by atoms with Crippen LogP contribution in [0.2, 0.25) is 0 Å². The Kier molecular flexibility index (Phi) is 5.95. The van der Waals surface area contributed by atoms with E-state index in [-0.39, 0.29) is 5.69 Å². The number of aromatic nitrogens is 2. The molecule has 1 aliphatic rings. The van der Waals surface area contributed by atoms with Crippen LogP contribution < -0.4 is 0 Å². The Morgan fingerprint density at radius 1 is 1.03 bits per heavy atom. The summed E-state index contributed by atoms with van der Waals surface area (Å²) in [7, 11) is 0. The van der Waals surface area contributed by atoms with Crippen molar-refractivity contribution >= 4 is 5.69 Å². The molecular weight excluding hydrogens is 368 g/mol. The number of nitrogens with zero attached hydrogens (tertiary/aromatic N) is 4. The van der Waals surface area contributed by atoms with Crippen LogP contribution in [-0.4, -0.2) is 32.6 Å². The standard InChI is InChI=1S/C22H24N4O3/c27-26(28)20-12-10-18(11-13-20)22-24-23-21(29-22)16-25(19-8-4-5-9-19)15-14-17-6-2-1-3-7-17/h1-3,6-7,10-13,19H,4-5,8-9,14-16H2. The normalized spacial score (nSPS) is 14.5. The molecule has 1 saturated carbocycles. The molecule has 7 heteroatoms. The van der Waals surface area contributed by atoms with E-state index in [0.29, 0.717) is 29.9 Å². The van der Waals surface area contributed by atoms with Crippen molar-refractivity contribution in [3.8, 4) is 11.5 Å². The van der Waals surface area contributed by atoms with Gasteiger partial charge in [-0.1, -0.05) is 43.2 Å². The molecule has 1 aromatic heterocycles. The summed E-state index contributed by atoms with van der Waals surface area (Å²) in [4.78, 5) is 12.8. The first-order valence-corrected chi connectivity index (χ1v) is 10.0. The minimum atomic E-state index is -0.421. The maximum atomic E-state index is 10.8. The summed E-state index contributed by atoms with van der Waals surface area (Å²) in [6.07, 6.45) is 5.94. The predicted octanol–water partition coefficient (Wildman–Crippen LogP) is 4.63. The van der Waals surface area contributed by atoms with E-state index in [1.54, 1.807) is 12.1 Å². The molecule has 0 N–H and O–H groups in total. The van der Waals surface area contributed by atoms with Gasteiger partial charge in [0.15, 0.2) is 0 Å². The molecule has 0 amide bonds. The summed E-state index contributed by atoms with van der Waals surface area (Å²) in [6, 6.07) is 17.2. The van der Waals surface area contributed by atoms with E-state index < -0.39 is 4.92 Å². The lowest BCUT2D eigenvalue weighted by Crippen LogP contribution is -2.34. The molecule has 3 aromatic rings. The van der Waals surface area contributed by atoms with Crippen LogP contribution in [0.4, 0.5) is 5.69 Å². The lowest BCUT2D eigenvalue weighted by atomic mass is 10.1. The van der Waals surface area contributed by atoms with Gasteiger partial charge in [-0.05, 0) is 37.0 Å². The number of nitro groups is 1. The summed E-state index contributed by atoms with van der Waals surface area (Å²) in [5.41, 5.74) is 2.06. The molecular formula is C22H24N4O3. The van der Waals surface area contributed by atoms with Crippen LogP contribution in [0, 0.1) is 10.1 Å². The first-order valence-electron chi connectivity index (χ1n) is 10.0. The summed E-state index contributed by atoms with van der Waals surface area (Å²) in [5.74, 6) is 0.975. The molecule has 150 valence electrons. The Labute approximate surface area is 169 Å². The highest BCUT2D eigenvalue weighted by Gasteiger charge is 2.24. The smallest absolute Gasteiger partial charge is 0.269 e. The van der Waals surface area contributed by atoms with Crippen molar-refractivity contribution in [3.63, 3.8) is 0 Å². The van der Waals surface area contributed by atoms with Crippen LogP contribution >= 0.6 is 0 Å². The second-order valence-electron chi connectivity index (χ2n) is 7.45. The van der Waals surface area contributed by atoms with Gasteiger partial charge < -0.3 is 4.42 Å². The van der Waals surface area contributed by atoms with E-state index in [1.807, 2.05) is 6.07 Å². The van der Waals surface area contributed by atoms with Gasteiger partial charge in [-0.2, -0.15) is 0 Å². The van der Waals surface area contributed by atoms with Crippen LogP contribution in [0.25, 0.3) is 11.5 Å². The molecule has 1 fully saturated rings. The van der Waals surface area contributed by atoms with E-state index in [1.165, 1.54) is 43.4 Å². The fourth-order valence-corrected chi connectivity index (χ4v) is 3.91. The Morgan fingerprint density at radius 2 is 1.76 bits per heavy atom.